The summed E-state index contributed by atoms with van der Waals surface area (Å²) in [5.74, 6) is -0.100. The molecule has 3 nitrogen and oxygen atoms in total. The van der Waals surface area contributed by atoms with Crippen molar-refractivity contribution in [3.05, 3.63) is 34.3 Å². The molecular formula is C14H20ClNO2. The Morgan fingerprint density at radius 3 is 2.39 bits per heavy atom. The zero-order valence-electron chi connectivity index (χ0n) is 11.3. The van der Waals surface area contributed by atoms with Gasteiger partial charge in [0.15, 0.2) is 0 Å². The van der Waals surface area contributed by atoms with Gasteiger partial charge >= 0.3 is 0 Å². The predicted molar refractivity (Wildman–Crippen MR) is 74.0 cm³/mol. The third-order valence-electron chi connectivity index (χ3n) is 2.63. The summed E-state index contributed by atoms with van der Waals surface area (Å²) in [6.07, 6.45) is -0.545. The molecule has 0 bridgehead atoms. The van der Waals surface area contributed by atoms with Crippen LogP contribution < -0.4 is 0 Å². The number of carbonyl (C=O) groups excluding carboxylic acids is 1. The van der Waals surface area contributed by atoms with E-state index in [0.717, 1.165) is 5.56 Å². The number of aryl methyl sites for hydroxylation is 1. The maximum Gasteiger partial charge on any atom is 0.254 e. The van der Waals surface area contributed by atoms with E-state index in [-0.39, 0.29) is 11.9 Å². The summed E-state index contributed by atoms with van der Waals surface area (Å²) in [6, 6.07) is 5.32. The Morgan fingerprint density at radius 2 is 1.94 bits per heavy atom. The molecule has 4 heteroatoms. The van der Waals surface area contributed by atoms with Gasteiger partial charge in [-0.3, -0.25) is 4.79 Å². The van der Waals surface area contributed by atoms with Gasteiger partial charge in [-0.1, -0.05) is 11.6 Å². The van der Waals surface area contributed by atoms with Gasteiger partial charge in [-0.2, -0.15) is 0 Å². The first-order valence-corrected chi connectivity index (χ1v) is 6.45. The van der Waals surface area contributed by atoms with Crippen LogP contribution in [0.4, 0.5) is 0 Å². The highest BCUT2D eigenvalue weighted by Crippen LogP contribution is 2.17. The molecule has 1 aromatic carbocycles. The molecule has 0 radical (unpaired) electrons. The number of aliphatic hydroxyl groups is 1. The molecule has 0 aromatic heterocycles. The second-order valence-corrected chi connectivity index (χ2v) is 5.35. The molecule has 100 valence electrons. The van der Waals surface area contributed by atoms with Crippen LogP contribution in [0.15, 0.2) is 18.2 Å². The van der Waals surface area contributed by atoms with E-state index < -0.39 is 6.10 Å². The number of hydrogen-bond acceptors (Lipinski definition) is 2. The first kappa shape index (κ1) is 15.0. The van der Waals surface area contributed by atoms with E-state index in [0.29, 0.717) is 17.1 Å². The number of aliphatic hydroxyl groups excluding tert-OH is 1. The van der Waals surface area contributed by atoms with Gasteiger partial charge in [-0.05, 0) is 51.5 Å². The van der Waals surface area contributed by atoms with Gasteiger partial charge in [-0.15, -0.1) is 0 Å². The van der Waals surface area contributed by atoms with Crippen LogP contribution in [0.2, 0.25) is 5.02 Å². The van der Waals surface area contributed by atoms with Crippen molar-refractivity contribution in [1.82, 2.24) is 4.90 Å². The van der Waals surface area contributed by atoms with Crippen LogP contribution in [-0.4, -0.2) is 34.6 Å². The summed E-state index contributed by atoms with van der Waals surface area (Å²) in [7, 11) is 0. The third-order valence-corrected chi connectivity index (χ3v) is 2.85. The van der Waals surface area contributed by atoms with Crippen molar-refractivity contribution in [2.75, 3.05) is 6.54 Å². The molecule has 0 spiro atoms. The Kier molecular flexibility index (Phi) is 5.17. The van der Waals surface area contributed by atoms with Gasteiger partial charge in [0.2, 0.25) is 0 Å². The maximum atomic E-state index is 12.4. The topological polar surface area (TPSA) is 40.5 Å². The molecule has 1 atom stereocenters. The fraction of sp³-hybridized carbons (Fsp3) is 0.500. The Bertz CT molecular complexity index is 410. The molecule has 1 N–H and O–H groups in total. The van der Waals surface area contributed by atoms with Crippen molar-refractivity contribution >= 4 is 17.5 Å². The molecule has 0 aliphatic rings. The average Bonchev–Trinajstić information content (AvgIpc) is 2.23. The van der Waals surface area contributed by atoms with Gasteiger partial charge in [0, 0.05) is 23.2 Å². The largest absolute Gasteiger partial charge is 0.392 e. The van der Waals surface area contributed by atoms with E-state index in [9.17, 15) is 9.90 Å². The third kappa shape index (κ3) is 4.00. The maximum absolute atomic E-state index is 12.4. The number of benzene rings is 1. The summed E-state index contributed by atoms with van der Waals surface area (Å²) >= 11 is 5.96. The summed E-state index contributed by atoms with van der Waals surface area (Å²) < 4.78 is 0. The molecule has 1 rings (SSSR count). The molecule has 18 heavy (non-hydrogen) atoms. The van der Waals surface area contributed by atoms with E-state index in [1.54, 1.807) is 17.9 Å². The lowest BCUT2D eigenvalue weighted by Crippen LogP contribution is -2.41. The fourth-order valence-corrected chi connectivity index (χ4v) is 2.13. The summed E-state index contributed by atoms with van der Waals surface area (Å²) in [5, 5.41) is 10.0. The number of hydrogen-bond donors (Lipinski definition) is 1. The van der Waals surface area contributed by atoms with Gasteiger partial charge in [0.1, 0.15) is 0 Å². The molecule has 0 aliphatic carbocycles. The van der Waals surface area contributed by atoms with Gasteiger partial charge in [-0.25, -0.2) is 0 Å². The highest BCUT2D eigenvalue weighted by atomic mass is 35.5. The molecule has 0 aliphatic heterocycles. The minimum atomic E-state index is -0.545. The Labute approximate surface area is 113 Å². The molecule has 0 heterocycles. The van der Waals surface area contributed by atoms with E-state index >= 15 is 0 Å². The molecule has 0 saturated heterocycles. The fourth-order valence-electron chi connectivity index (χ4n) is 1.84. The van der Waals surface area contributed by atoms with Crippen LogP contribution in [-0.2, 0) is 0 Å². The normalized spacial score (nSPS) is 12.6. The van der Waals surface area contributed by atoms with E-state index in [2.05, 4.69) is 0 Å². The molecule has 1 amide bonds. The van der Waals surface area contributed by atoms with Crippen molar-refractivity contribution in [1.29, 1.82) is 0 Å². The molecular weight excluding hydrogens is 250 g/mol. The minimum absolute atomic E-state index is 0.0337. The second kappa shape index (κ2) is 6.21. The van der Waals surface area contributed by atoms with Crippen molar-refractivity contribution < 1.29 is 9.90 Å². The quantitative estimate of drug-likeness (QED) is 0.913. The van der Waals surface area contributed by atoms with E-state index in [4.69, 9.17) is 11.6 Å². The lowest BCUT2D eigenvalue weighted by atomic mass is 10.1. The van der Waals surface area contributed by atoms with Gasteiger partial charge in [0.05, 0.1) is 6.10 Å². The zero-order chi connectivity index (χ0) is 13.9. The lowest BCUT2D eigenvalue weighted by molar-refractivity contribution is 0.0578. The number of amides is 1. The van der Waals surface area contributed by atoms with Crippen molar-refractivity contribution in [2.24, 2.45) is 0 Å². The van der Waals surface area contributed by atoms with Gasteiger partial charge < -0.3 is 10.0 Å². The number of rotatable bonds is 4. The average molecular weight is 270 g/mol. The second-order valence-electron chi connectivity index (χ2n) is 4.92. The first-order chi connectivity index (χ1) is 8.31. The number of nitrogens with zero attached hydrogens (tertiary/aromatic N) is 1. The van der Waals surface area contributed by atoms with Crippen LogP contribution in [0.5, 0.6) is 0 Å². The predicted octanol–water partition coefficient (Wildman–Crippen LogP) is 2.88. The van der Waals surface area contributed by atoms with Crippen LogP contribution in [0.25, 0.3) is 0 Å². The molecule has 1 aromatic rings. The van der Waals surface area contributed by atoms with Crippen LogP contribution >= 0.6 is 11.6 Å². The summed E-state index contributed by atoms with van der Waals surface area (Å²) in [6.45, 7) is 7.75. The summed E-state index contributed by atoms with van der Waals surface area (Å²) in [5.41, 5.74) is 1.51. The van der Waals surface area contributed by atoms with E-state index in [1.165, 1.54) is 0 Å². The number of carbonyl (C=O) groups is 1. The zero-order valence-corrected chi connectivity index (χ0v) is 12.0. The van der Waals surface area contributed by atoms with Gasteiger partial charge in [0.25, 0.3) is 5.91 Å². The Hall–Kier alpha value is -1.06. The Balaban J connectivity index is 3.01. The Morgan fingerprint density at radius 1 is 1.33 bits per heavy atom. The van der Waals surface area contributed by atoms with Crippen molar-refractivity contribution in [3.63, 3.8) is 0 Å². The number of halogens is 1. The SMILES string of the molecule is Cc1cc(Cl)cc(C(=O)N(CC(C)O)C(C)C)c1. The smallest absolute Gasteiger partial charge is 0.254 e. The van der Waals surface area contributed by atoms with Crippen LogP contribution in [0.1, 0.15) is 36.7 Å². The van der Waals surface area contributed by atoms with Crippen LogP contribution in [0.3, 0.4) is 0 Å². The molecule has 0 fully saturated rings. The highest BCUT2D eigenvalue weighted by molar-refractivity contribution is 6.31. The molecule has 1 unspecified atom stereocenters. The lowest BCUT2D eigenvalue weighted by Gasteiger charge is -2.28. The summed E-state index contributed by atoms with van der Waals surface area (Å²) in [4.78, 5) is 14.0. The molecule has 0 saturated carbocycles. The highest BCUT2D eigenvalue weighted by Gasteiger charge is 2.20. The monoisotopic (exact) mass is 269 g/mol. The van der Waals surface area contributed by atoms with Crippen LogP contribution in [0, 0.1) is 6.92 Å². The minimum Gasteiger partial charge on any atom is -0.392 e. The first-order valence-electron chi connectivity index (χ1n) is 6.07. The van der Waals surface area contributed by atoms with Crippen molar-refractivity contribution in [3.8, 4) is 0 Å². The standard InChI is InChI=1S/C14H20ClNO2/c1-9(2)16(8-11(4)17)14(18)12-5-10(3)6-13(15)7-12/h5-7,9,11,17H,8H2,1-4H3. The van der Waals surface area contributed by atoms with E-state index in [1.807, 2.05) is 32.9 Å². The van der Waals surface area contributed by atoms with Crippen molar-refractivity contribution in [2.45, 2.75) is 39.8 Å².